The van der Waals surface area contributed by atoms with Crippen LogP contribution in [0.1, 0.15) is 11.1 Å². The second kappa shape index (κ2) is 6.50. The van der Waals surface area contributed by atoms with Crippen LogP contribution in [0.15, 0.2) is 46.9 Å². The molecule has 4 heteroatoms. The third-order valence-electron chi connectivity index (χ3n) is 2.46. The van der Waals surface area contributed by atoms with E-state index < -0.39 is 0 Å². The number of nitrogens with two attached hydrogens (primary N) is 1. The van der Waals surface area contributed by atoms with Crippen molar-refractivity contribution >= 4 is 45.0 Å². The number of halogens is 2. The Kier molecular flexibility index (Phi) is 4.98. The normalized spacial score (nSPS) is 10.6. The van der Waals surface area contributed by atoms with Gasteiger partial charge in [0.2, 0.25) is 0 Å². The lowest BCUT2D eigenvalue weighted by molar-refractivity contribution is 1.36. The van der Waals surface area contributed by atoms with E-state index in [2.05, 4.69) is 28.1 Å². The molecule has 0 heterocycles. The van der Waals surface area contributed by atoms with E-state index in [1.54, 1.807) is 0 Å². The maximum absolute atomic E-state index is 6.12. The molecule has 0 aliphatic carbocycles. The Labute approximate surface area is 125 Å². The quantitative estimate of drug-likeness (QED) is 0.781. The summed E-state index contributed by atoms with van der Waals surface area (Å²) in [4.78, 5) is 0. The highest BCUT2D eigenvalue weighted by molar-refractivity contribution is 9.10. The van der Waals surface area contributed by atoms with Crippen LogP contribution in [0.25, 0.3) is 0 Å². The van der Waals surface area contributed by atoms with E-state index in [4.69, 9.17) is 17.3 Å². The number of thioether (sulfide) groups is 1. The predicted octanol–water partition coefficient (Wildman–Crippen LogP) is 5.12. The Morgan fingerprint density at radius 3 is 2.61 bits per heavy atom. The lowest BCUT2D eigenvalue weighted by atomic mass is 10.2. The van der Waals surface area contributed by atoms with Gasteiger partial charge in [-0.2, -0.15) is 11.8 Å². The lowest BCUT2D eigenvalue weighted by Crippen LogP contribution is -1.89. The van der Waals surface area contributed by atoms with Crippen LogP contribution >= 0.6 is 39.3 Å². The van der Waals surface area contributed by atoms with Crippen molar-refractivity contribution in [2.45, 2.75) is 11.5 Å². The van der Waals surface area contributed by atoms with Crippen LogP contribution in [0.4, 0.5) is 5.69 Å². The van der Waals surface area contributed by atoms with Gasteiger partial charge in [-0.15, -0.1) is 0 Å². The van der Waals surface area contributed by atoms with Crippen LogP contribution in [0.5, 0.6) is 0 Å². The van der Waals surface area contributed by atoms with E-state index in [-0.39, 0.29) is 0 Å². The first-order valence-electron chi connectivity index (χ1n) is 5.51. The fourth-order valence-corrected chi connectivity index (χ4v) is 3.47. The fourth-order valence-electron chi connectivity index (χ4n) is 1.65. The van der Waals surface area contributed by atoms with Crippen molar-refractivity contribution in [1.82, 2.24) is 0 Å². The molecule has 2 aromatic rings. The van der Waals surface area contributed by atoms with Crippen LogP contribution < -0.4 is 5.73 Å². The molecule has 94 valence electrons. The smallest absolute Gasteiger partial charge is 0.0446 e. The number of anilines is 1. The molecule has 0 aliphatic rings. The molecule has 0 aliphatic heterocycles. The maximum Gasteiger partial charge on any atom is 0.0446 e. The topological polar surface area (TPSA) is 26.0 Å². The monoisotopic (exact) mass is 341 g/mol. The lowest BCUT2D eigenvalue weighted by Gasteiger charge is -2.06. The van der Waals surface area contributed by atoms with Gasteiger partial charge in [0.25, 0.3) is 0 Å². The van der Waals surface area contributed by atoms with Gasteiger partial charge in [0.15, 0.2) is 0 Å². The number of nitrogen functional groups attached to an aromatic ring is 1. The minimum absolute atomic E-state index is 0.790. The summed E-state index contributed by atoms with van der Waals surface area (Å²) in [5.74, 6) is 1.83. The zero-order chi connectivity index (χ0) is 13.0. The number of hydrogen-bond donors (Lipinski definition) is 1. The van der Waals surface area contributed by atoms with Crippen molar-refractivity contribution < 1.29 is 0 Å². The minimum Gasteiger partial charge on any atom is -0.399 e. The first-order valence-corrected chi connectivity index (χ1v) is 7.84. The van der Waals surface area contributed by atoms with Gasteiger partial charge in [0, 0.05) is 26.7 Å². The molecule has 2 aromatic carbocycles. The summed E-state index contributed by atoms with van der Waals surface area (Å²) in [6, 6.07) is 14.0. The molecule has 2 N–H and O–H groups in total. The number of rotatable bonds is 4. The van der Waals surface area contributed by atoms with Crippen molar-refractivity contribution in [2.75, 3.05) is 5.73 Å². The van der Waals surface area contributed by atoms with Gasteiger partial charge in [0.1, 0.15) is 0 Å². The Bertz CT molecular complexity index is 525. The molecular formula is C14H13BrClNS. The molecular weight excluding hydrogens is 330 g/mol. The van der Waals surface area contributed by atoms with E-state index in [1.807, 2.05) is 42.1 Å². The Hall–Kier alpha value is -0.640. The summed E-state index contributed by atoms with van der Waals surface area (Å²) in [6.45, 7) is 0. The molecule has 2 rings (SSSR count). The van der Waals surface area contributed by atoms with E-state index in [1.165, 1.54) is 11.1 Å². The number of benzene rings is 2. The van der Waals surface area contributed by atoms with Crippen LogP contribution in [0.2, 0.25) is 5.02 Å². The molecule has 0 saturated heterocycles. The highest BCUT2D eigenvalue weighted by atomic mass is 79.9. The molecule has 18 heavy (non-hydrogen) atoms. The minimum atomic E-state index is 0.790. The summed E-state index contributed by atoms with van der Waals surface area (Å²) in [6.07, 6.45) is 0. The summed E-state index contributed by atoms with van der Waals surface area (Å²) in [7, 11) is 0. The molecule has 0 fully saturated rings. The standard InChI is InChI=1S/C14H13BrClNS/c15-12-5-10(6-13(17)7-12)8-18-9-11-3-1-2-4-14(11)16/h1-7H,8-9,17H2. The summed E-state index contributed by atoms with van der Waals surface area (Å²) in [5.41, 5.74) is 8.99. The molecule has 0 bridgehead atoms. The average molecular weight is 343 g/mol. The summed E-state index contributed by atoms with van der Waals surface area (Å²) >= 11 is 11.4. The molecule has 0 aromatic heterocycles. The molecule has 0 atom stereocenters. The van der Waals surface area contributed by atoms with Gasteiger partial charge < -0.3 is 5.73 Å². The Morgan fingerprint density at radius 1 is 1.11 bits per heavy atom. The number of hydrogen-bond acceptors (Lipinski definition) is 2. The predicted molar refractivity (Wildman–Crippen MR) is 85.0 cm³/mol. The SMILES string of the molecule is Nc1cc(Br)cc(CSCc2ccccc2Cl)c1. The van der Waals surface area contributed by atoms with Gasteiger partial charge in [-0.1, -0.05) is 45.7 Å². The average Bonchev–Trinajstić information content (AvgIpc) is 2.30. The van der Waals surface area contributed by atoms with Crippen molar-refractivity contribution in [3.05, 3.63) is 63.1 Å². The van der Waals surface area contributed by atoms with Gasteiger partial charge >= 0.3 is 0 Å². The molecule has 0 spiro atoms. The zero-order valence-electron chi connectivity index (χ0n) is 9.70. The third kappa shape index (κ3) is 3.94. The van der Waals surface area contributed by atoms with Crippen molar-refractivity contribution in [1.29, 1.82) is 0 Å². The molecule has 0 amide bonds. The van der Waals surface area contributed by atoms with Crippen LogP contribution in [0.3, 0.4) is 0 Å². The van der Waals surface area contributed by atoms with E-state index in [9.17, 15) is 0 Å². The van der Waals surface area contributed by atoms with Crippen molar-refractivity contribution in [3.8, 4) is 0 Å². The highest BCUT2D eigenvalue weighted by Crippen LogP contribution is 2.25. The second-order valence-electron chi connectivity index (χ2n) is 3.98. The zero-order valence-corrected chi connectivity index (χ0v) is 12.9. The highest BCUT2D eigenvalue weighted by Gasteiger charge is 2.01. The molecule has 0 saturated carbocycles. The van der Waals surface area contributed by atoms with Gasteiger partial charge in [-0.3, -0.25) is 0 Å². The van der Waals surface area contributed by atoms with Crippen molar-refractivity contribution in [3.63, 3.8) is 0 Å². The summed E-state index contributed by atoms with van der Waals surface area (Å²) < 4.78 is 1.02. The molecule has 0 radical (unpaired) electrons. The fraction of sp³-hybridized carbons (Fsp3) is 0.143. The largest absolute Gasteiger partial charge is 0.399 e. The second-order valence-corrected chi connectivity index (χ2v) is 6.29. The van der Waals surface area contributed by atoms with Crippen LogP contribution in [0, 0.1) is 0 Å². The van der Waals surface area contributed by atoms with E-state index in [0.717, 1.165) is 26.7 Å². The van der Waals surface area contributed by atoms with Crippen LogP contribution in [-0.2, 0) is 11.5 Å². The van der Waals surface area contributed by atoms with E-state index >= 15 is 0 Å². The van der Waals surface area contributed by atoms with Gasteiger partial charge in [0.05, 0.1) is 0 Å². The van der Waals surface area contributed by atoms with Gasteiger partial charge in [-0.05, 0) is 35.4 Å². The Morgan fingerprint density at radius 2 is 1.89 bits per heavy atom. The first-order chi connectivity index (χ1) is 8.65. The van der Waals surface area contributed by atoms with Gasteiger partial charge in [-0.25, -0.2) is 0 Å². The summed E-state index contributed by atoms with van der Waals surface area (Å²) in [5, 5.41) is 0.832. The van der Waals surface area contributed by atoms with E-state index in [0.29, 0.717) is 0 Å². The first kappa shape index (κ1) is 13.8. The van der Waals surface area contributed by atoms with Crippen molar-refractivity contribution in [2.24, 2.45) is 0 Å². The maximum atomic E-state index is 6.12. The Balaban J connectivity index is 1.94. The third-order valence-corrected chi connectivity index (χ3v) is 4.34. The molecule has 0 unspecified atom stereocenters. The molecule has 1 nitrogen and oxygen atoms in total. The van der Waals surface area contributed by atoms with Crippen LogP contribution in [-0.4, -0.2) is 0 Å².